The molecule has 0 N–H and O–H groups in total. The van der Waals surface area contributed by atoms with Gasteiger partial charge in [-0.3, -0.25) is 4.79 Å². The third-order valence-corrected chi connectivity index (χ3v) is 5.25. The third-order valence-electron chi connectivity index (χ3n) is 4.06. The smallest absolute Gasteiger partial charge is 0.355 e. The van der Waals surface area contributed by atoms with Gasteiger partial charge in [0.1, 0.15) is 15.6 Å². The molecule has 0 aliphatic heterocycles. The number of nitrogens with zero attached hydrogens (tertiary/aromatic N) is 1. The minimum atomic E-state index is -0.438. The van der Waals surface area contributed by atoms with E-state index in [1.165, 1.54) is 23.8 Å². The summed E-state index contributed by atoms with van der Waals surface area (Å²) in [5.41, 5.74) is 3.47. The molecule has 3 aromatic rings. The lowest BCUT2D eigenvalue weighted by molar-refractivity contribution is 0.0739. The maximum Gasteiger partial charge on any atom is 0.355 e. The number of ketones is 1. The maximum atomic E-state index is 12.5. The van der Waals surface area contributed by atoms with Crippen LogP contribution in [-0.4, -0.2) is 16.7 Å². The highest BCUT2D eigenvalue weighted by Gasteiger charge is 2.18. The van der Waals surface area contributed by atoms with E-state index in [9.17, 15) is 9.59 Å². The van der Waals surface area contributed by atoms with E-state index in [2.05, 4.69) is 24.0 Å². The summed E-state index contributed by atoms with van der Waals surface area (Å²) in [6.45, 7) is 5.41. The number of hydrogen-bond donors (Lipinski definition) is 0. The average Bonchev–Trinajstić information content (AvgIpc) is 3.04. The number of aryl methyl sites for hydroxylation is 2. The van der Waals surface area contributed by atoms with Crippen LogP contribution in [0.5, 0.6) is 5.75 Å². The normalized spacial score (nSPS) is 10.6. The standard InChI is InChI=1S/C21H19NO3S/c1-4-15-5-7-17(8-6-15)20-22-13(2)19(26-20)21(24)25-18-11-9-16(10-12-18)14(3)23/h5-12H,4H2,1-3H3. The Hall–Kier alpha value is -2.79. The van der Waals surface area contributed by atoms with Crippen LogP contribution in [0.4, 0.5) is 0 Å². The van der Waals surface area contributed by atoms with Crippen molar-refractivity contribution in [2.75, 3.05) is 0 Å². The Balaban J connectivity index is 1.79. The van der Waals surface area contributed by atoms with Crippen LogP contribution in [-0.2, 0) is 6.42 Å². The van der Waals surface area contributed by atoms with Crippen molar-refractivity contribution in [1.29, 1.82) is 0 Å². The van der Waals surface area contributed by atoms with Gasteiger partial charge in [0.15, 0.2) is 5.78 Å². The van der Waals surface area contributed by atoms with Gasteiger partial charge in [-0.15, -0.1) is 11.3 Å². The van der Waals surface area contributed by atoms with Crippen LogP contribution in [0.2, 0.25) is 0 Å². The van der Waals surface area contributed by atoms with Crippen molar-refractivity contribution in [1.82, 2.24) is 4.98 Å². The first-order chi connectivity index (χ1) is 12.5. The molecule has 0 atom stereocenters. The van der Waals surface area contributed by atoms with Gasteiger partial charge in [-0.05, 0) is 50.1 Å². The molecule has 0 amide bonds. The predicted octanol–water partition coefficient (Wildman–Crippen LogP) is 5.10. The van der Waals surface area contributed by atoms with Crippen molar-refractivity contribution in [2.24, 2.45) is 0 Å². The van der Waals surface area contributed by atoms with Crippen molar-refractivity contribution in [3.63, 3.8) is 0 Å². The molecule has 26 heavy (non-hydrogen) atoms. The van der Waals surface area contributed by atoms with Gasteiger partial charge in [-0.25, -0.2) is 9.78 Å². The van der Waals surface area contributed by atoms with Crippen LogP contribution in [0.3, 0.4) is 0 Å². The molecule has 5 heteroatoms. The Morgan fingerprint density at radius 3 is 2.27 bits per heavy atom. The summed E-state index contributed by atoms with van der Waals surface area (Å²) < 4.78 is 5.42. The molecular formula is C21H19NO3S. The van der Waals surface area contributed by atoms with Crippen LogP contribution in [0.1, 0.15) is 45.1 Å². The Morgan fingerprint density at radius 1 is 1.04 bits per heavy atom. The van der Waals surface area contributed by atoms with E-state index in [1.54, 1.807) is 31.2 Å². The second-order valence-corrected chi connectivity index (χ2v) is 6.95. The lowest BCUT2D eigenvalue weighted by Crippen LogP contribution is -2.08. The van der Waals surface area contributed by atoms with Gasteiger partial charge >= 0.3 is 5.97 Å². The lowest BCUT2D eigenvalue weighted by Gasteiger charge is -2.03. The Labute approximate surface area is 156 Å². The number of thiazole rings is 1. The summed E-state index contributed by atoms with van der Waals surface area (Å²) >= 11 is 1.32. The van der Waals surface area contributed by atoms with Gasteiger partial charge in [0.05, 0.1) is 5.69 Å². The number of esters is 1. The van der Waals surface area contributed by atoms with E-state index in [-0.39, 0.29) is 5.78 Å². The van der Waals surface area contributed by atoms with Crippen molar-refractivity contribution in [2.45, 2.75) is 27.2 Å². The molecule has 0 aliphatic rings. The van der Waals surface area contributed by atoms with Crippen molar-refractivity contribution in [3.8, 4) is 16.3 Å². The molecular weight excluding hydrogens is 346 g/mol. The summed E-state index contributed by atoms with van der Waals surface area (Å²) in [5, 5.41) is 0.795. The summed E-state index contributed by atoms with van der Waals surface area (Å²) in [5.74, 6) is -0.0615. The average molecular weight is 365 g/mol. The number of Topliss-reactive ketones (excluding diaryl/α,β-unsaturated/α-hetero) is 1. The number of carbonyl (C=O) groups excluding carboxylic acids is 2. The van der Waals surface area contributed by atoms with Crippen molar-refractivity contribution in [3.05, 3.63) is 70.2 Å². The predicted molar refractivity (Wildman–Crippen MR) is 103 cm³/mol. The number of aromatic nitrogens is 1. The van der Waals surface area contributed by atoms with Crippen LogP contribution in [0.15, 0.2) is 48.5 Å². The highest BCUT2D eigenvalue weighted by Crippen LogP contribution is 2.29. The fourth-order valence-corrected chi connectivity index (χ4v) is 3.45. The van der Waals surface area contributed by atoms with Crippen LogP contribution in [0.25, 0.3) is 10.6 Å². The molecule has 0 spiro atoms. The second-order valence-electron chi connectivity index (χ2n) is 5.95. The quantitative estimate of drug-likeness (QED) is 0.358. The summed E-state index contributed by atoms with van der Waals surface area (Å²) in [6.07, 6.45) is 0.983. The first-order valence-corrected chi connectivity index (χ1v) is 9.19. The van der Waals surface area contributed by atoms with Crippen LogP contribution in [0, 0.1) is 6.92 Å². The van der Waals surface area contributed by atoms with Gasteiger partial charge in [-0.1, -0.05) is 31.2 Å². The van der Waals surface area contributed by atoms with Gasteiger partial charge in [0.25, 0.3) is 0 Å². The Kier molecular flexibility index (Phi) is 5.28. The molecule has 0 aliphatic carbocycles. The number of carbonyl (C=O) groups is 2. The molecule has 132 valence electrons. The van der Waals surface area contributed by atoms with E-state index in [0.717, 1.165) is 17.0 Å². The van der Waals surface area contributed by atoms with Gasteiger partial charge < -0.3 is 4.74 Å². The lowest BCUT2D eigenvalue weighted by atomic mass is 10.1. The molecule has 0 saturated carbocycles. The van der Waals surface area contributed by atoms with E-state index in [0.29, 0.717) is 21.9 Å². The topological polar surface area (TPSA) is 56.3 Å². The zero-order valence-electron chi connectivity index (χ0n) is 14.9. The number of benzene rings is 2. The molecule has 1 aromatic heterocycles. The van der Waals surface area contributed by atoms with Crippen molar-refractivity contribution < 1.29 is 14.3 Å². The molecule has 0 fully saturated rings. The highest BCUT2D eigenvalue weighted by atomic mass is 32.1. The first-order valence-electron chi connectivity index (χ1n) is 8.38. The zero-order valence-corrected chi connectivity index (χ0v) is 15.7. The molecule has 0 saturated heterocycles. The summed E-state index contributed by atoms with van der Waals surface area (Å²) in [4.78, 5) is 28.8. The van der Waals surface area contributed by atoms with Gasteiger partial charge in [0, 0.05) is 11.1 Å². The minimum absolute atomic E-state index is 0.0279. The van der Waals surface area contributed by atoms with Gasteiger partial charge in [0.2, 0.25) is 0 Å². The van der Waals surface area contributed by atoms with E-state index in [4.69, 9.17) is 4.74 Å². The fourth-order valence-electron chi connectivity index (χ4n) is 2.50. The number of rotatable bonds is 5. The monoisotopic (exact) mass is 365 g/mol. The SMILES string of the molecule is CCc1ccc(-c2nc(C)c(C(=O)Oc3ccc(C(C)=O)cc3)s2)cc1. The second kappa shape index (κ2) is 7.62. The molecule has 1 heterocycles. The van der Waals surface area contributed by atoms with Crippen LogP contribution >= 0.6 is 11.3 Å². The highest BCUT2D eigenvalue weighted by molar-refractivity contribution is 7.17. The summed E-state index contributed by atoms with van der Waals surface area (Å²) in [7, 11) is 0. The molecule has 3 rings (SSSR count). The number of ether oxygens (including phenoxy) is 1. The fraction of sp³-hybridized carbons (Fsp3) is 0.190. The maximum absolute atomic E-state index is 12.5. The first kappa shape index (κ1) is 18.0. The Bertz CT molecular complexity index is 940. The van der Waals surface area contributed by atoms with Gasteiger partial charge in [-0.2, -0.15) is 0 Å². The molecule has 2 aromatic carbocycles. The number of hydrogen-bond acceptors (Lipinski definition) is 5. The third kappa shape index (κ3) is 3.89. The summed E-state index contributed by atoms with van der Waals surface area (Å²) in [6, 6.07) is 14.7. The molecule has 4 nitrogen and oxygen atoms in total. The van der Waals surface area contributed by atoms with Crippen LogP contribution < -0.4 is 4.74 Å². The largest absolute Gasteiger partial charge is 0.422 e. The zero-order chi connectivity index (χ0) is 18.7. The van der Waals surface area contributed by atoms with E-state index < -0.39 is 5.97 Å². The molecule has 0 unspecified atom stereocenters. The Morgan fingerprint density at radius 2 is 1.69 bits per heavy atom. The minimum Gasteiger partial charge on any atom is -0.422 e. The molecule has 0 bridgehead atoms. The van der Waals surface area contributed by atoms with E-state index >= 15 is 0 Å². The van der Waals surface area contributed by atoms with Crippen molar-refractivity contribution >= 4 is 23.1 Å². The van der Waals surface area contributed by atoms with E-state index in [1.807, 2.05) is 12.1 Å². The molecule has 0 radical (unpaired) electrons.